The van der Waals surface area contributed by atoms with Gasteiger partial charge in [0, 0.05) is 32.8 Å². The van der Waals surface area contributed by atoms with E-state index in [1.807, 2.05) is 6.07 Å². The number of guanidine groups is 1. The van der Waals surface area contributed by atoms with E-state index in [9.17, 15) is 4.79 Å². The van der Waals surface area contributed by atoms with E-state index in [1.54, 1.807) is 19.3 Å². The molecule has 134 valence electrons. The van der Waals surface area contributed by atoms with Crippen molar-refractivity contribution in [3.05, 3.63) is 29.0 Å². The van der Waals surface area contributed by atoms with Crippen molar-refractivity contribution in [3.63, 3.8) is 0 Å². The highest BCUT2D eigenvalue weighted by molar-refractivity contribution is 6.29. The summed E-state index contributed by atoms with van der Waals surface area (Å²) in [6.07, 6.45) is 7.20. The third-order valence-corrected chi connectivity index (χ3v) is 3.77. The molecule has 1 aromatic heterocycles. The minimum absolute atomic E-state index is 0.131. The monoisotopic (exact) mass is 354 g/mol. The molecule has 0 saturated heterocycles. The van der Waals surface area contributed by atoms with Gasteiger partial charge in [-0.25, -0.2) is 4.98 Å². The zero-order valence-corrected chi connectivity index (χ0v) is 15.2. The van der Waals surface area contributed by atoms with Crippen molar-refractivity contribution >= 4 is 23.5 Å². The molecular formula is C17H27ClN4O2. The fourth-order valence-electron chi connectivity index (χ4n) is 2.16. The van der Waals surface area contributed by atoms with E-state index in [4.69, 9.17) is 11.6 Å². The van der Waals surface area contributed by atoms with Gasteiger partial charge in [0.2, 0.25) is 0 Å². The van der Waals surface area contributed by atoms with Gasteiger partial charge in [-0.05, 0) is 30.9 Å². The van der Waals surface area contributed by atoms with Crippen LogP contribution < -0.4 is 10.6 Å². The minimum atomic E-state index is -0.131. The van der Waals surface area contributed by atoms with Gasteiger partial charge in [0.05, 0.1) is 7.11 Å². The average Bonchev–Trinajstić information content (AvgIpc) is 2.60. The molecule has 7 heteroatoms. The zero-order chi connectivity index (χ0) is 17.6. The quantitative estimate of drug-likeness (QED) is 0.222. The first kappa shape index (κ1) is 20.2. The lowest BCUT2D eigenvalue weighted by atomic mass is 10.1. The average molecular weight is 355 g/mol. The zero-order valence-electron chi connectivity index (χ0n) is 14.5. The van der Waals surface area contributed by atoms with Gasteiger partial charge in [-0.2, -0.15) is 0 Å². The molecule has 0 atom stereocenters. The molecule has 2 N–H and O–H groups in total. The van der Waals surface area contributed by atoms with E-state index in [2.05, 4.69) is 25.3 Å². The molecule has 0 fully saturated rings. The van der Waals surface area contributed by atoms with Crippen LogP contribution in [-0.2, 0) is 16.0 Å². The lowest BCUT2D eigenvalue weighted by Gasteiger charge is -2.11. The Morgan fingerprint density at radius 2 is 1.96 bits per heavy atom. The van der Waals surface area contributed by atoms with Crippen LogP contribution in [0.2, 0.25) is 5.15 Å². The smallest absolute Gasteiger partial charge is 0.305 e. The van der Waals surface area contributed by atoms with Crippen LogP contribution in [-0.4, -0.2) is 44.2 Å². The number of hydrogen-bond donors (Lipinski definition) is 2. The van der Waals surface area contributed by atoms with Crippen LogP contribution in [0.25, 0.3) is 0 Å². The number of hydrogen-bond acceptors (Lipinski definition) is 4. The van der Waals surface area contributed by atoms with Gasteiger partial charge in [0.25, 0.3) is 0 Å². The summed E-state index contributed by atoms with van der Waals surface area (Å²) in [6.45, 7) is 1.64. The summed E-state index contributed by atoms with van der Waals surface area (Å²) >= 11 is 5.77. The summed E-state index contributed by atoms with van der Waals surface area (Å²) in [6, 6.07) is 3.77. The molecule has 0 aliphatic heterocycles. The maximum atomic E-state index is 11.0. The largest absolute Gasteiger partial charge is 0.469 e. The van der Waals surface area contributed by atoms with Crippen molar-refractivity contribution in [1.29, 1.82) is 0 Å². The first-order valence-corrected chi connectivity index (χ1v) is 8.65. The highest BCUT2D eigenvalue weighted by Crippen LogP contribution is 2.05. The Morgan fingerprint density at radius 3 is 2.62 bits per heavy atom. The number of pyridine rings is 1. The van der Waals surface area contributed by atoms with Crippen LogP contribution in [0.15, 0.2) is 23.3 Å². The predicted octanol–water partition coefficient (Wildman–Crippen LogP) is 2.57. The summed E-state index contributed by atoms with van der Waals surface area (Å²) in [7, 11) is 3.18. The van der Waals surface area contributed by atoms with E-state index in [0.29, 0.717) is 11.6 Å². The second-order valence-electron chi connectivity index (χ2n) is 5.41. The lowest BCUT2D eigenvalue weighted by molar-refractivity contribution is -0.140. The molecule has 0 saturated carbocycles. The number of aliphatic imine (C=N–C) groups is 1. The summed E-state index contributed by atoms with van der Waals surface area (Å²) in [5, 5.41) is 7.07. The number of nitrogens with zero attached hydrogens (tertiary/aromatic N) is 2. The van der Waals surface area contributed by atoms with Crippen LogP contribution in [0.1, 0.15) is 37.7 Å². The summed E-state index contributed by atoms with van der Waals surface area (Å²) in [5.74, 6) is 0.667. The second-order valence-corrected chi connectivity index (χ2v) is 5.79. The summed E-state index contributed by atoms with van der Waals surface area (Å²) in [5.41, 5.74) is 1.13. The number of halogens is 1. The summed E-state index contributed by atoms with van der Waals surface area (Å²) < 4.78 is 4.61. The molecule has 0 radical (unpaired) electrons. The Bertz CT molecular complexity index is 506. The number of carbonyl (C=O) groups excluding carboxylic acids is 1. The molecule has 1 heterocycles. The molecule has 0 unspecified atom stereocenters. The minimum Gasteiger partial charge on any atom is -0.469 e. The molecule has 0 aromatic carbocycles. The highest BCUT2D eigenvalue weighted by atomic mass is 35.5. The van der Waals surface area contributed by atoms with Crippen molar-refractivity contribution in [1.82, 2.24) is 15.6 Å². The third kappa shape index (κ3) is 9.35. The maximum absolute atomic E-state index is 11.0. The number of rotatable bonds is 10. The van der Waals surface area contributed by atoms with E-state index in [-0.39, 0.29) is 5.97 Å². The highest BCUT2D eigenvalue weighted by Gasteiger charge is 2.00. The molecule has 1 aromatic rings. The number of aromatic nitrogens is 1. The van der Waals surface area contributed by atoms with Crippen LogP contribution in [0, 0.1) is 0 Å². The van der Waals surface area contributed by atoms with Crippen LogP contribution in [0.4, 0.5) is 0 Å². The maximum Gasteiger partial charge on any atom is 0.305 e. The summed E-state index contributed by atoms with van der Waals surface area (Å²) in [4.78, 5) is 19.2. The van der Waals surface area contributed by atoms with Crippen molar-refractivity contribution in [2.75, 3.05) is 27.2 Å². The van der Waals surface area contributed by atoms with E-state index in [0.717, 1.165) is 56.7 Å². The Kier molecular flexibility index (Phi) is 10.6. The number of esters is 1. The molecule has 0 aliphatic rings. The van der Waals surface area contributed by atoms with Crippen molar-refractivity contribution in [3.8, 4) is 0 Å². The van der Waals surface area contributed by atoms with Gasteiger partial charge in [-0.15, -0.1) is 0 Å². The van der Waals surface area contributed by atoms with Gasteiger partial charge in [0.1, 0.15) is 5.15 Å². The molecule has 0 spiro atoms. The number of carbonyl (C=O) groups is 1. The Morgan fingerprint density at radius 1 is 1.21 bits per heavy atom. The molecule has 0 aliphatic carbocycles. The lowest BCUT2D eigenvalue weighted by Crippen LogP contribution is -2.38. The normalized spacial score (nSPS) is 11.2. The number of methoxy groups -OCH3 is 1. The van der Waals surface area contributed by atoms with Gasteiger partial charge in [-0.3, -0.25) is 9.79 Å². The first-order chi connectivity index (χ1) is 11.7. The standard InChI is InChI=1S/C17H27ClN4O2/c1-19-17(20-11-6-4-3-5-7-16(23)24-2)21-12-10-14-8-9-15(18)22-13-14/h8-9,13H,3-7,10-12H2,1-2H3,(H2,19,20,21). The molecule has 1 rings (SSSR count). The SMILES string of the molecule is CN=C(NCCCCCCC(=O)OC)NCCc1ccc(Cl)nc1. The molecule has 24 heavy (non-hydrogen) atoms. The third-order valence-electron chi connectivity index (χ3n) is 3.55. The van der Waals surface area contributed by atoms with Gasteiger partial charge < -0.3 is 15.4 Å². The van der Waals surface area contributed by atoms with E-state index in [1.165, 1.54) is 7.11 Å². The number of unbranched alkanes of at least 4 members (excludes halogenated alkanes) is 3. The molecule has 0 bridgehead atoms. The second kappa shape index (κ2) is 12.6. The van der Waals surface area contributed by atoms with Crippen LogP contribution in [0.3, 0.4) is 0 Å². The van der Waals surface area contributed by atoms with Crippen molar-refractivity contribution in [2.24, 2.45) is 4.99 Å². The van der Waals surface area contributed by atoms with Crippen LogP contribution >= 0.6 is 11.6 Å². The Hall–Kier alpha value is -1.82. The Labute approximate surface area is 149 Å². The molecular weight excluding hydrogens is 328 g/mol. The molecule has 0 amide bonds. The van der Waals surface area contributed by atoms with Gasteiger partial charge in [-0.1, -0.05) is 30.5 Å². The van der Waals surface area contributed by atoms with Crippen LogP contribution in [0.5, 0.6) is 0 Å². The van der Waals surface area contributed by atoms with Crippen molar-refractivity contribution in [2.45, 2.75) is 38.5 Å². The first-order valence-electron chi connectivity index (χ1n) is 8.27. The fraction of sp³-hybridized carbons (Fsp3) is 0.588. The van der Waals surface area contributed by atoms with Gasteiger partial charge >= 0.3 is 5.97 Å². The van der Waals surface area contributed by atoms with E-state index >= 15 is 0 Å². The topological polar surface area (TPSA) is 75.6 Å². The van der Waals surface area contributed by atoms with Crippen molar-refractivity contribution < 1.29 is 9.53 Å². The van der Waals surface area contributed by atoms with Gasteiger partial charge in [0.15, 0.2) is 5.96 Å². The Balaban J connectivity index is 2.06. The molecule has 6 nitrogen and oxygen atoms in total. The predicted molar refractivity (Wildman–Crippen MR) is 97.4 cm³/mol. The number of nitrogens with one attached hydrogen (secondary N) is 2. The fourth-order valence-corrected chi connectivity index (χ4v) is 2.27. The number of ether oxygens (including phenoxy) is 1. The van der Waals surface area contributed by atoms with E-state index < -0.39 is 0 Å².